The summed E-state index contributed by atoms with van der Waals surface area (Å²) < 4.78 is 0. The molecule has 1 atom stereocenters. The third-order valence-corrected chi connectivity index (χ3v) is 2.93. The van der Waals surface area contributed by atoms with Crippen LogP contribution in [0.2, 0.25) is 0 Å². The number of hydrogen-bond donors (Lipinski definition) is 4. The number of nitro groups is 1. The molecule has 1 unspecified atom stereocenters. The van der Waals surface area contributed by atoms with Crippen LogP contribution in [0.3, 0.4) is 0 Å². The van der Waals surface area contributed by atoms with Crippen LogP contribution in [0.1, 0.15) is 0 Å². The molecule has 0 amide bonds. The smallest absolute Gasteiger partial charge is 0.301 e. The zero-order chi connectivity index (χ0) is 12.8. The molecule has 0 saturated heterocycles. The fourth-order valence-corrected chi connectivity index (χ4v) is 1.90. The van der Waals surface area contributed by atoms with Crippen molar-refractivity contribution in [1.82, 2.24) is 4.98 Å². The van der Waals surface area contributed by atoms with Crippen molar-refractivity contribution in [2.75, 3.05) is 17.8 Å². The van der Waals surface area contributed by atoms with E-state index in [-0.39, 0.29) is 22.3 Å². The summed E-state index contributed by atoms with van der Waals surface area (Å²) in [7, 11) is 0. The second-order valence-electron chi connectivity index (χ2n) is 3.07. The van der Waals surface area contributed by atoms with Gasteiger partial charge in [0.05, 0.1) is 17.6 Å². The monoisotopic (exact) mass is 260 g/mol. The van der Waals surface area contributed by atoms with Crippen molar-refractivity contribution in [3.8, 4) is 0 Å². The highest BCUT2D eigenvalue weighted by atomic mass is 32.2. The predicted octanol–water partition coefficient (Wildman–Crippen LogP) is -0.279. The van der Waals surface area contributed by atoms with Gasteiger partial charge in [-0.3, -0.25) is 10.1 Å². The summed E-state index contributed by atoms with van der Waals surface area (Å²) in [6.07, 6.45) is -0.948. The lowest BCUT2D eigenvalue weighted by molar-refractivity contribution is -0.388. The molecular formula is C8H12N4O4S. The fourth-order valence-electron chi connectivity index (χ4n) is 0.986. The molecule has 17 heavy (non-hydrogen) atoms. The number of pyridine rings is 1. The average Bonchev–Trinajstić information content (AvgIpc) is 2.35. The molecule has 1 heterocycles. The summed E-state index contributed by atoms with van der Waals surface area (Å²) in [5.74, 6) is 5.54. The molecule has 0 aliphatic carbocycles. The number of nitrogens with zero attached hydrogens (tertiary/aromatic N) is 2. The quantitative estimate of drug-likeness (QED) is 0.237. The first kappa shape index (κ1) is 13.6. The van der Waals surface area contributed by atoms with Crippen molar-refractivity contribution in [3.05, 3.63) is 22.2 Å². The van der Waals surface area contributed by atoms with E-state index in [4.69, 9.17) is 16.1 Å². The van der Waals surface area contributed by atoms with Gasteiger partial charge in [0.1, 0.15) is 5.82 Å². The number of aliphatic hydroxyl groups is 2. The highest BCUT2D eigenvalue weighted by Crippen LogP contribution is 2.28. The number of nitrogens with two attached hydrogens (primary N) is 1. The summed E-state index contributed by atoms with van der Waals surface area (Å²) >= 11 is 0.979. The molecule has 1 rings (SSSR count). The Hall–Kier alpha value is -1.42. The van der Waals surface area contributed by atoms with Crippen LogP contribution in [0.5, 0.6) is 0 Å². The Morgan fingerprint density at radius 2 is 2.35 bits per heavy atom. The molecule has 1 aromatic heterocycles. The molecule has 94 valence electrons. The van der Waals surface area contributed by atoms with Crippen molar-refractivity contribution in [1.29, 1.82) is 0 Å². The highest BCUT2D eigenvalue weighted by Gasteiger charge is 2.17. The number of hydrazine groups is 1. The molecule has 0 fully saturated rings. The number of aromatic nitrogens is 1. The van der Waals surface area contributed by atoms with Crippen molar-refractivity contribution in [2.24, 2.45) is 5.84 Å². The lowest BCUT2D eigenvalue weighted by Gasteiger charge is -2.07. The number of nitrogen functional groups attached to an aromatic ring is 1. The number of hydrogen-bond acceptors (Lipinski definition) is 8. The summed E-state index contributed by atoms with van der Waals surface area (Å²) in [6, 6.07) is 2.65. The first-order valence-electron chi connectivity index (χ1n) is 4.62. The fraction of sp³-hybridized carbons (Fsp3) is 0.375. The molecule has 1 aromatic rings. The SMILES string of the molecule is NNc1ccc([N+](=O)[O-])c(SCC(O)CO)n1. The van der Waals surface area contributed by atoms with Crippen LogP contribution in [0.25, 0.3) is 0 Å². The number of aliphatic hydroxyl groups excluding tert-OH is 2. The second kappa shape index (κ2) is 6.35. The molecular weight excluding hydrogens is 248 g/mol. The van der Waals surface area contributed by atoms with E-state index in [0.717, 1.165) is 11.8 Å². The molecule has 9 heteroatoms. The summed E-state index contributed by atoms with van der Waals surface area (Å²) in [4.78, 5) is 14.1. The van der Waals surface area contributed by atoms with E-state index in [2.05, 4.69) is 10.4 Å². The summed E-state index contributed by atoms with van der Waals surface area (Å²) in [5, 5.41) is 28.7. The van der Waals surface area contributed by atoms with Gasteiger partial charge in [-0.2, -0.15) is 0 Å². The lowest BCUT2D eigenvalue weighted by atomic mass is 10.4. The van der Waals surface area contributed by atoms with Gasteiger partial charge in [-0.15, -0.1) is 0 Å². The third-order valence-electron chi connectivity index (χ3n) is 1.81. The second-order valence-corrected chi connectivity index (χ2v) is 4.08. The van der Waals surface area contributed by atoms with Crippen molar-refractivity contribution >= 4 is 23.3 Å². The molecule has 0 aromatic carbocycles. The van der Waals surface area contributed by atoms with Gasteiger partial charge in [0, 0.05) is 11.8 Å². The summed E-state index contributed by atoms with van der Waals surface area (Å²) in [5.41, 5.74) is 2.11. The van der Waals surface area contributed by atoms with Gasteiger partial charge < -0.3 is 15.6 Å². The van der Waals surface area contributed by atoms with E-state index < -0.39 is 17.6 Å². The van der Waals surface area contributed by atoms with Gasteiger partial charge in [0.2, 0.25) is 0 Å². The van der Waals surface area contributed by atoms with E-state index in [1.807, 2.05) is 0 Å². The molecule has 0 spiro atoms. The Morgan fingerprint density at radius 3 is 2.88 bits per heavy atom. The van der Waals surface area contributed by atoms with Gasteiger partial charge in [-0.25, -0.2) is 10.8 Å². The van der Waals surface area contributed by atoms with Crippen molar-refractivity contribution in [3.63, 3.8) is 0 Å². The van der Waals surface area contributed by atoms with E-state index in [1.54, 1.807) is 0 Å². The van der Waals surface area contributed by atoms with Crippen LogP contribution in [0.4, 0.5) is 11.5 Å². The molecule has 0 bridgehead atoms. The van der Waals surface area contributed by atoms with Gasteiger partial charge in [0.25, 0.3) is 0 Å². The van der Waals surface area contributed by atoms with Crippen LogP contribution >= 0.6 is 11.8 Å². The number of nitrogens with one attached hydrogen (secondary N) is 1. The molecule has 0 radical (unpaired) electrons. The first-order valence-corrected chi connectivity index (χ1v) is 5.60. The van der Waals surface area contributed by atoms with E-state index in [9.17, 15) is 10.1 Å². The topological polar surface area (TPSA) is 135 Å². The van der Waals surface area contributed by atoms with Gasteiger partial charge >= 0.3 is 5.69 Å². The van der Waals surface area contributed by atoms with Crippen molar-refractivity contribution < 1.29 is 15.1 Å². The van der Waals surface area contributed by atoms with Gasteiger partial charge in [0.15, 0.2) is 5.03 Å². The molecule has 0 saturated carbocycles. The Kier molecular flexibility index (Phi) is 5.10. The van der Waals surface area contributed by atoms with Gasteiger partial charge in [-0.1, -0.05) is 11.8 Å². The number of rotatable bonds is 6. The number of anilines is 1. The van der Waals surface area contributed by atoms with Gasteiger partial charge in [-0.05, 0) is 6.07 Å². The lowest BCUT2D eigenvalue weighted by Crippen LogP contribution is -2.15. The Morgan fingerprint density at radius 1 is 1.65 bits per heavy atom. The average molecular weight is 260 g/mol. The predicted molar refractivity (Wildman–Crippen MR) is 62.5 cm³/mol. The minimum atomic E-state index is -0.948. The number of thioether (sulfide) groups is 1. The molecule has 8 nitrogen and oxygen atoms in total. The van der Waals surface area contributed by atoms with E-state index >= 15 is 0 Å². The Labute approximate surface area is 101 Å². The first-order chi connectivity index (χ1) is 8.08. The van der Waals surface area contributed by atoms with Crippen LogP contribution in [-0.4, -0.2) is 38.6 Å². The molecule has 5 N–H and O–H groups in total. The Balaban J connectivity index is 2.89. The maximum atomic E-state index is 10.7. The molecule has 0 aliphatic heterocycles. The maximum Gasteiger partial charge on any atom is 0.301 e. The van der Waals surface area contributed by atoms with E-state index in [1.165, 1.54) is 12.1 Å². The zero-order valence-electron chi connectivity index (χ0n) is 8.74. The zero-order valence-corrected chi connectivity index (χ0v) is 9.55. The van der Waals surface area contributed by atoms with Crippen LogP contribution in [0.15, 0.2) is 17.2 Å². The van der Waals surface area contributed by atoms with E-state index in [0.29, 0.717) is 0 Å². The van der Waals surface area contributed by atoms with Crippen LogP contribution in [0, 0.1) is 10.1 Å². The molecule has 0 aliphatic rings. The maximum absolute atomic E-state index is 10.7. The third kappa shape index (κ3) is 3.82. The largest absolute Gasteiger partial charge is 0.394 e. The normalized spacial score (nSPS) is 12.2. The van der Waals surface area contributed by atoms with Crippen LogP contribution < -0.4 is 11.3 Å². The van der Waals surface area contributed by atoms with Crippen LogP contribution in [-0.2, 0) is 0 Å². The minimum Gasteiger partial charge on any atom is -0.394 e. The Bertz CT molecular complexity index is 403. The van der Waals surface area contributed by atoms with Crippen molar-refractivity contribution in [2.45, 2.75) is 11.1 Å². The summed E-state index contributed by atoms with van der Waals surface area (Å²) in [6.45, 7) is -0.407. The minimum absolute atomic E-state index is 0.109. The standard InChI is InChI=1S/C8H12N4O4S/c9-11-7-2-1-6(12(15)16)8(10-7)17-4-5(14)3-13/h1-2,5,13-14H,3-4,9H2,(H,10,11). The highest BCUT2D eigenvalue weighted by molar-refractivity contribution is 7.99.